The Morgan fingerprint density at radius 2 is 2.00 bits per heavy atom. The van der Waals surface area contributed by atoms with E-state index in [1.165, 1.54) is 6.07 Å². The first kappa shape index (κ1) is 17.0. The highest BCUT2D eigenvalue weighted by Gasteiger charge is 2.31. The number of benzene rings is 1. The number of methoxy groups -OCH3 is 1. The Morgan fingerprint density at radius 1 is 1.38 bits per heavy atom. The maximum Gasteiger partial charge on any atom is 0.446 e. The Bertz CT molecular complexity index is 582. The van der Waals surface area contributed by atoms with Crippen LogP contribution in [-0.4, -0.2) is 25.2 Å². The average molecular weight is 327 g/mol. The Hall–Kier alpha value is -2.02. The fraction of sp³-hybridized carbons (Fsp3) is 0.273. The number of carbonyl (C=O) groups is 1. The maximum absolute atomic E-state index is 12.3. The molecule has 10 heteroatoms. The molecule has 0 unspecified atom stereocenters. The number of esters is 1. The van der Waals surface area contributed by atoms with Crippen LogP contribution in [0.3, 0.4) is 0 Å². The number of carbonyl (C=O) groups excluding carboxylic acids is 1. The van der Waals surface area contributed by atoms with Crippen LogP contribution in [0, 0.1) is 11.3 Å². The first-order valence-electron chi connectivity index (χ1n) is 5.05. The van der Waals surface area contributed by atoms with Gasteiger partial charge in [0.2, 0.25) is 0 Å². The van der Waals surface area contributed by atoms with Gasteiger partial charge in [0, 0.05) is 4.90 Å². The van der Waals surface area contributed by atoms with Gasteiger partial charge < -0.3 is 9.47 Å². The van der Waals surface area contributed by atoms with Gasteiger partial charge in [0.1, 0.15) is 17.4 Å². The van der Waals surface area contributed by atoms with E-state index in [2.05, 4.69) is 9.47 Å². The largest absolute Gasteiger partial charge is 0.465 e. The molecule has 21 heavy (non-hydrogen) atoms. The standard InChI is InChI=1S/C11H6F5NO3S/c1-19-9(18)6-2-5(21-11(14,15)16)3-8(7(6)4-17)20-10(12)13/h2-3,10H,1H3. The van der Waals surface area contributed by atoms with Crippen LogP contribution in [0.2, 0.25) is 0 Å². The summed E-state index contributed by atoms with van der Waals surface area (Å²) >= 11 is -0.639. The van der Waals surface area contributed by atoms with E-state index in [4.69, 9.17) is 5.26 Å². The third-order valence-electron chi connectivity index (χ3n) is 2.04. The Morgan fingerprint density at radius 3 is 2.43 bits per heavy atom. The molecule has 0 amide bonds. The zero-order valence-electron chi connectivity index (χ0n) is 10.2. The third kappa shape index (κ3) is 4.78. The van der Waals surface area contributed by atoms with E-state index in [0.29, 0.717) is 6.07 Å². The highest BCUT2D eigenvalue weighted by atomic mass is 32.2. The van der Waals surface area contributed by atoms with Crippen molar-refractivity contribution in [2.75, 3.05) is 7.11 Å². The van der Waals surface area contributed by atoms with Crippen LogP contribution in [0.4, 0.5) is 22.0 Å². The fourth-order valence-electron chi connectivity index (χ4n) is 1.36. The SMILES string of the molecule is COC(=O)c1cc(SC(F)(F)F)cc(OC(F)F)c1C#N. The van der Waals surface area contributed by atoms with Crippen molar-refractivity contribution in [3.05, 3.63) is 23.3 Å². The predicted molar refractivity (Wildman–Crippen MR) is 61.0 cm³/mol. The van der Waals surface area contributed by atoms with Gasteiger partial charge in [-0.2, -0.15) is 27.2 Å². The molecular formula is C11H6F5NO3S. The van der Waals surface area contributed by atoms with E-state index in [1.807, 2.05) is 0 Å². The van der Waals surface area contributed by atoms with Crippen molar-refractivity contribution in [2.24, 2.45) is 0 Å². The Balaban J connectivity index is 3.43. The molecule has 0 radical (unpaired) electrons. The molecule has 0 aliphatic rings. The normalized spacial score (nSPS) is 11.1. The molecule has 0 saturated carbocycles. The molecule has 0 fully saturated rings. The molecule has 4 nitrogen and oxygen atoms in total. The Labute approximate surface area is 119 Å². The average Bonchev–Trinajstić information content (AvgIpc) is 2.34. The summed E-state index contributed by atoms with van der Waals surface area (Å²) in [6, 6.07) is 2.75. The number of hydrogen-bond acceptors (Lipinski definition) is 5. The van der Waals surface area contributed by atoms with Crippen molar-refractivity contribution >= 4 is 17.7 Å². The van der Waals surface area contributed by atoms with Crippen molar-refractivity contribution in [3.63, 3.8) is 0 Å². The number of ether oxygens (including phenoxy) is 2. The summed E-state index contributed by atoms with van der Waals surface area (Å²) in [5.74, 6) is -1.97. The lowest BCUT2D eigenvalue weighted by Crippen LogP contribution is -2.10. The molecule has 0 aliphatic heterocycles. The first-order chi connectivity index (χ1) is 9.67. The van der Waals surface area contributed by atoms with E-state index in [-0.39, 0.29) is 0 Å². The lowest BCUT2D eigenvalue weighted by atomic mass is 10.1. The van der Waals surface area contributed by atoms with E-state index < -0.39 is 51.6 Å². The molecule has 0 atom stereocenters. The zero-order valence-corrected chi connectivity index (χ0v) is 11.0. The van der Waals surface area contributed by atoms with Gasteiger partial charge in [-0.15, -0.1) is 0 Å². The molecule has 114 valence electrons. The second-order valence-corrected chi connectivity index (χ2v) is 4.51. The smallest absolute Gasteiger partial charge is 0.446 e. The number of hydrogen-bond donors (Lipinski definition) is 0. The lowest BCUT2D eigenvalue weighted by molar-refractivity contribution is -0.0502. The number of alkyl halides is 5. The highest BCUT2D eigenvalue weighted by Crippen LogP contribution is 2.40. The van der Waals surface area contributed by atoms with Crippen molar-refractivity contribution in [1.29, 1.82) is 5.26 Å². The summed E-state index contributed by atoms with van der Waals surface area (Å²) in [7, 11) is 0.931. The van der Waals surface area contributed by atoms with E-state index in [9.17, 15) is 26.7 Å². The summed E-state index contributed by atoms with van der Waals surface area (Å²) in [5, 5.41) is 8.87. The highest BCUT2D eigenvalue weighted by molar-refractivity contribution is 8.00. The number of nitrogens with zero attached hydrogens (tertiary/aromatic N) is 1. The number of nitriles is 1. The van der Waals surface area contributed by atoms with Crippen LogP contribution in [0.15, 0.2) is 17.0 Å². The molecule has 0 aromatic heterocycles. The minimum Gasteiger partial charge on any atom is -0.465 e. The molecule has 0 heterocycles. The number of rotatable bonds is 4. The van der Waals surface area contributed by atoms with Crippen LogP contribution < -0.4 is 4.74 Å². The summed E-state index contributed by atoms with van der Waals surface area (Å²) in [4.78, 5) is 10.9. The second-order valence-electron chi connectivity index (χ2n) is 3.37. The van der Waals surface area contributed by atoms with Crippen LogP contribution in [0.1, 0.15) is 15.9 Å². The summed E-state index contributed by atoms with van der Waals surface area (Å²) in [6.07, 6.45) is 0. The molecular weight excluding hydrogens is 321 g/mol. The zero-order chi connectivity index (χ0) is 16.2. The van der Waals surface area contributed by atoms with Crippen LogP contribution in [0.25, 0.3) is 0 Å². The van der Waals surface area contributed by atoms with E-state index in [0.717, 1.165) is 13.2 Å². The van der Waals surface area contributed by atoms with Crippen molar-refractivity contribution in [1.82, 2.24) is 0 Å². The molecule has 1 aromatic rings. The molecule has 0 N–H and O–H groups in total. The van der Waals surface area contributed by atoms with Crippen LogP contribution in [-0.2, 0) is 4.74 Å². The van der Waals surface area contributed by atoms with Gasteiger partial charge in [0.15, 0.2) is 0 Å². The van der Waals surface area contributed by atoms with Gasteiger partial charge in [0.25, 0.3) is 0 Å². The number of halogens is 5. The van der Waals surface area contributed by atoms with Crippen molar-refractivity contribution in [2.45, 2.75) is 17.0 Å². The first-order valence-corrected chi connectivity index (χ1v) is 5.86. The van der Waals surface area contributed by atoms with Gasteiger partial charge in [-0.25, -0.2) is 4.79 Å². The van der Waals surface area contributed by atoms with Gasteiger partial charge in [-0.3, -0.25) is 0 Å². The third-order valence-corrected chi connectivity index (χ3v) is 2.75. The fourth-order valence-corrected chi connectivity index (χ4v) is 1.97. The van der Waals surface area contributed by atoms with Gasteiger partial charge >= 0.3 is 18.1 Å². The molecule has 0 bridgehead atoms. The van der Waals surface area contributed by atoms with Crippen molar-refractivity contribution < 1.29 is 36.2 Å². The second kappa shape index (κ2) is 6.62. The topological polar surface area (TPSA) is 59.3 Å². The van der Waals surface area contributed by atoms with Crippen LogP contribution >= 0.6 is 11.8 Å². The quantitative estimate of drug-likeness (QED) is 0.481. The van der Waals surface area contributed by atoms with E-state index >= 15 is 0 Å². The molecule has 0 spiro atoms. The predicted octanol–water partition coefficient (Wildman–Crippen LogP) is 3.56. The molecule has 1 aromatic carbocycles. The minimum atomic E-state index is -4.70. The summed E-state index contributed by atoms with van der Waals surface area (Å²) in [5.41, 5.74) is -5.93. The molecule has 1 rings (SSSR count). The van der Waals surface area contributed by atoms with Gasteiger partial charge in [-0.1, -0.05) is 0 Å². The van der Waals surface area contributed by atoms with Crippen LogP contribution in [0.5, 0.6) is 5.75 Å². The lowest BCUT2D eigenvalue weighted by Gasteiger charge is -2.13. The summed E-state index contributed by atoms with van der Waals surface area (Å²) in [6.45, 7) is -3.37. The maximum atomic E-state index is 12.3. The van der Waals surface area contributed by atoms with Gasteiger partial charge in [-0.05, 0) is 23.9 Å². The van der Waals surface area contributed by atoms with E-state index in [1.54, 1.807) is 0 Å². The number of thioether (sulfide) groups is 1. The summed E-state index contributed by atoms with van der Waals surface area (Å²) < 4.78 is 69.7. The van der Waals surface area contributed by atoms with Crippen molar-refractivity contribution in [3.8, 4) is 11.8 Å². The minimum absolute atomic E-state index is 0.586. The Kier molecular flexibility index (Phi) is 5.37. The monoisotopic (exact) mass is 327 g/mol. The molecule has 0 saturated heterocycles. The molecule has 0 aliphatic carbocycles. The van der Waals surface area contributed by atoms with Gasteiger partial charge in [0.05, 0.1) is 12.7 Å².